The second-order valence-corrected chi connectivity index (χ2v) is 8.01. The molecule has 0 amide bonds. The van der Waals surface area contributed by atoms with Crippen LogP contribution in [0, 0.1) is 13.8 Å². The van der Waals surface area contributed by atoms with Crippen molar-refractivity contribution in [2.24, 2.45) is 0 Å². The Labute approximate surface area is 133 Å². The van der Waals surface area contributed by atoms with Gasteiger partial charge in [-0.3, -0.25) is 0 Å². The van der Waals surface area contributed by atoms with Crippen LogP contribution in [-0.2, 0) is 0 Å². The van der Waals surface area contributed by atoms with Crippen LogP contribution in [0.15, 0.2) is 34.8 Å². The predicted molar refractivity (Wildman–Crippen MR) is 90.9 cm³/mol. The van der Waals surface area contributed by atoms with E-state index in [1.807, 2.05) is 11.3 Å². The Balaban J connectivity index is 1.97. The van der Waals surface area contributed by atoms with Crippen molar-refractivity contribution < 1.29 is 0 Å². The highest BCUT2D eigenvalue weighted by Crippen LogP contribution is 2.41. The van der Waals surface area contributed by atoms with Gasteiger partial charge in [-0.2, -0.15) is 0 Å². The summed E-state index contributed by atoms with van der Waals surface area (Å²) in [5.74, 6) is 1.23. The highest BCUT2D eigenvalue weighted by Gasteiger charge is 2.29. The standard InChI is InChI=1S/C17H20BrNS/c1-11-8-16(12(2)20-11)15-6-7-19-10-17(15)13-4-3-5-14(18)9-13/h3-5,8-9,15,17,19H,6-7,10H2,1-2H3. The summed E-state index contributed by atoms with van der Waals surface area (Å²) in [5, 5.41) is 3.57. The highest BCUT2D eigenvalue weighted by molar-refractivity contribution is 9.10. The monoisotopic (exact) mass is 349 g/mol. The third-order valence-corrected chi connectivity index (χ3v) is 5.71. The second-order valence-electron chi connectivity index (χ2n) is 5.63. The van der Waals surface area contributed by atoms with Crippen LogP contribution in [0.2, 0.25) is 0 Å². The summed E-state index contributed by atoms with van der Waals surface area (Å²) in [6.07, 6.45) is 1.23. The lowest BCUT2D eigenvalue weighted by atomic mass is 9.77. The van der Waals surface area contributed by atoms with Crippen molar-refractivity contribution in [3.8, 4) is 0 Å². The van der Waals surface area contributed by atoms with Gasteiger partial charge >= 0.3 is 0 Å². The van der Waals surface area contributed by atoms with Crippen molar-refractivity contribution in [2.45, 2.75) is 32.1 Å². The van der Waals surface area contributed by atoms with E-state index in [1.165, 1.54) is 26.2 Å². The molecule has 1 N–H and O–H groups in total. The minimum atomic E-state index is 0.578. The maximum Gasteiger partial charge on any atom is 0.0178 e. The Hall–Kier alpha value is -0.640. The zero-order valence-corrected chi connectivity index (χ0v) is 14.4. The molecule has 20 heavy (non-hydrogen) atoms. The van der Waals surface area contributed by atoms with Gasteiger partial charge < -0.3 is 5.32 Å². The Morgan fingerprint density at radius 1 is 1.20 bits per heavy atom. The van der Waals surface area contributed by atoms with E-state index in [1.54, 1.807) is 5.56 Å². The maximum atomic E-state index is 3.61. The van der Waals surface area contributed by atoms with Gasteiger partial charge in [0.2, 0.25) is 0 Å². The number of halogens is 1. The number of benzene rings is 1. The molecular formula is C17H20BrNS. The highest BCUT2D eigenvalue weighted by atomic mass is 79.9. The van der Waals surface area contributed by atoms with Gasteiger partial charge in [0.05, 0.1) is 0 Å². The van der Waals surface area contributed by atoms with Gasteiger partial charge in [-0.15, -0.1) is 11.3 Å². The summed E-state index contributed by atoms with van der Waals surface area (Å²) in [7, 11) is 0. The van der Waals surface area contributed by atoms with Crippen LogP contribution in [0.4, 0.5) is 0 Å². The molecule has 0 aliphatic carbocycles. The van der Waals surface area contributed by atoms with Crippen LogP contribution in [0.1, 0.15) is 39.1 Å². The fraction of sp³-hybridized carbons (Fsp3) is 0.412. The number of thiophene rings is 1. The van der Waals surface area contributed by atoms with Crippen LogP contribution in [0.5, 0.6) is 0 Å². The molecule has 3 rings (SSSR count). The van der Waals surface area contributed by atoms with Gasteiger partial charge in [0, 0.05) is 26.7 Å². The van der Waals surface area contributed by atoms with E-state index in [2.05, 4.69) is 65.4 Å². The summed E-state index contributed by atoms with van der Waals surface area (Å²) in [4.78, 5) is 2.93. The lowest BCUT2D eigenvalue weighted by Gasteiger charge is -2.33. The van der Waals surface area contributed by atoms with E-state index in [0.717, 1.165) is 13.1 Å². The molecule has 1 aromatic carbocycles. The Bertz CT molecular complexity index is 605. The first-order valence-electron chi connectivity index (χ1n) is 7.18. The molecule has 106 valence electrons. The number of hydrogen-bond donors (Lipinski definition) is 1. The molecular weight excluding hydrogens is 330 g/mol. The predicted octanol–water partition coefficient (Wildman–Crippen LogP) is 4.99. The molecule has 0 radical (unpaired) electrons. The first-order valence-corrected chi connectivity index (χ1v) is 8.79. The van der Waals surface area contributed by atoms with Gasteiger partial charge in [0.25, 0.3) is 0 Å². The summed E-state index contributed by atoms with van der Waals surface area (Å²) in [6.45, 7) is 6.70. The van der Waals surface area contributed by atoms with Crippen LogP contribution in [0.3, 0.4) is 0 Å². The average Bonchev–Trinajstić information content (AvgIpc) is 2.78. The van der Waals surface area contributed by atoms with Crippen molar-refractivity contribution in [2.75, 3.05) is 13.1 Å². The molecule has 1 fully saturated rings. The lowest BCUT2D eigenvalue weighted by Crippen LogP contribution is -2.34. The number of nitrogens with one attached hydrogen (secondary N) is 1. The fourth-order valence-corrected chi connectivity index (χ4v) is 4.75. The molecule has 2 atom stereocenters. The summed E-state index contributed by atoms with van der Waals surface area (Å²) >= 11 is 5.54. The normalized spacial score (nSPS) is 22.9. The Morgan fingerprint density at radius 3 is 2.75 bits per heavy atom. The van der Waals surface area contributed by atoms with E-state index < -0.39 is 0 Å². The van der Waals surface area contributed by atoms with Gasteiger partial charge in [-0.25, -0.2) is 0 Å². The molecule has 2 unspecified atom stereocenters. The van der Waals surface area contributed by atoms with Crippen molar-refractivity contribution in [1.82, 2.24) is 5.32 Å². The topological polar surface area (TPSA) is 12.0 Å². The number of hydrogen-bond acceptors (Lipinski definition) is 2. The fourth-order valence-electron chi connectivity index (χ4n) is 3.34. The third kappa shape index (κ3) is 2.85. The molecule has 1 saturated heterocycles. The lowest BCUT2D eigenvalue weighted by molar-refractivity contribution is 0.404. The van der Waals surface area contributed by atoms with Crippen molar-refractivity contribution >= 4 is 27.3 Å². The van der Waals surface area contributed by atoms with Crippen molar-refractivity contribution in [1.29, 1.82) is 0 Å². The van der Waals surface area contributed by atoms with Crippen LogP contribution in [0.25, 0.3) is 0 Å². The van der Waals surface area contributed by atoms with Gasteiger partial charge in [0.15, 0.2) is 0 Å². The van der Waals surface area contributed by atoms with E-state index in [9.17, 15) is 0 Å². The molecule has 2 aromatic rings. The summed E-state index contributed by atoms with van der Waals surface area (Å²) in [6, 6.07) is 11.2. The van der Waals surface area contributed by atoms with Gasteiger partial charge in [0.1, 0.15) is 0 Å². The third-order valence-electron chi connectivity index (χ3n) is 4.24. The molecule has 0 spiro atoms. The molecule has 1 aromatic heterocycles. The Kier molecular flexibility index (Phi) is 4.29. The second kappa shape index (κ2) is 6.00. The zero-order valence-electron chi connectivity index (χ0n) is 11.9. The molecule has 3 heteroatoms. The molecule has 0 saturated carbocycles. The average molecular weight is 350 g/mol. The summed E-state index contributed by atoms with van der Waals surface area (Å²) in [5.41, 5.74) is 3.01. The van der Waals surface area contributed by atoms with Gasteiger partial charge in [-0.05, 0) is 62.1 Å². The van der Waals surface area contributed by atoms with Crippen molar-refractivity contribution in [3.05, 3.63) is 55.7 Å². The van der Waals surface area contributed by atoms with Crippen LogP contribution in [-0.4, -0.2) is 13.1 Å². The number of rotatable bonds is 2. The summed E-state index contributed by atoms with van der Waals surface area (Å²) < 4.78 is 1.18. The van der Waals surface area contributed by atoms with Crippen LogP contribution < -0.4 is 5.32 Å². The van der Waals surface area contributed by atoms with Gasteiger partial charge in [-0.1, -0.05) is 28.1 Å². The number of aryl methyl sites for hydroxylation is 2. The molecule has 1 aliphatic rings. The van der Waals surface area contributed by atoms with E-state index in [-0.39, 0.29) is 0 Å². The zero-order chi connectivity index (χ0) is 14.1. The first-order chi connectivity index (χ1) is 9.65. The van der Waals surface area contributed by atoms with E-state index in [4.69, 9.17) is 0 Å². The molecule has 0 bridgehead atoms. The molecule has 1 nitrogen and oxygen atoms in total. The molecule has 2 heterocycles. The minimum absolute atomic E-state index is 0.578. The van der Waals surface area contributed by atoms with Crippen LogP contribution >= 0.6 is 27.3 Å². The largest absolute Gasteiger partial charge is 0.316 e. The van der Waals surface area contributed by atoms with E-state index >= 15 is 0 Å². The SMILES string of the molecule is Cc1cc(C2CCNCC2c2cccc(Br)c2)c(C)s1. The minimum Gasteiger partial charge on any atom is -0.316 e. The van der Waals surface area contributed by atoms with E-state index in [0.29, 0.717) is 11.8 Å². The number of piperidine rings is 1. The smallest absolute Gasteiger partial charge is 0.0178 e. The first kappa shape index (κ1) is 14.3. The molecule has 1 aliphatic heterocycles. The Morgan fingerprint density at radius 2 is 2.05 bits per heavy atom. The van der Waals surface area contributed by atoms with Crippen molar-refractivity contribution in [3.63, 3.8) is 0 Å². The quantitative estimate of drug-likeness (QED) is 0.805. The maximum absolute atomic E-state index is 3.61.